The average Bonchev–Trinajstić information content (AvgIpc) is 2.14. The predicted octanol–water partition coefficient (Wildman–Crippen LogP) is 3.42. The molecule has 0 aromatic carbocycles. The molecule has 0 aliphatic rings. The van der Waals surface area contributed by atoms with Gasteiger partial charge >= 0.3 is 5.97 Å². The molecule has 0 unspecified atom stereocenters. The Morgan fingerprint density at radius 3 is 2.54 bits per heavy atom. The Balaban J connectivity index is 3.17. The minimum atomic E-state index is -0.116. The summed E-state index contributed by atoms with van der Waals surface area (Å²) in [5.41, 5.74) is 0. The highest BCUT2D eigenvalue weighted by atomic mass is 16.5. The van der Waals surface area contributed by atoms with Gasteiger partial charge in [0.15, 0.2) is 0 Å². The summed E-state index contributed by atoms with van der Waals surface area (Å²) in [5.74, 6) is -0.116. The molecule has 2 nitrogen and oxygen atoms in total. The van der Waals surface area contributed by atoms with Crippen molar-refractivity contribution < 1.29 is 9.53 Å². The van der Waals surface area contributed by atoms with Crippen molar-refractivity contribution in [2.24, 2.45) is 0 Å². The fourth-order valence-corrected chi connectivity index (χ4v) is 1.08. The van der Waals surface area contributed by atoms with E-state index in [2.05, 4.69) is 6.92 Å². The summed E-state index contributed by atoms with van der Waals surface area (Å²) < 4.78 is 4.78. The molecule has 0 saturated heterocycles. The molecule has 0 bridgehead atoms. The summed E-state index contributed by atoms with van der Waals surface area (Å²) in [6, 6.07) is 0. The van der Waals surface area contributed by atoms with Gasteiger partial charge < -0.3 is 4.74 Å². The summed E-state index contributed by atoms with van der Waals surface area (Å²) in [6.07, 6.45) is 9.53. The number of hydrogen-bond donors (Lipinski definition) is 0. The topological polar surface area (TPSA) is 26.3 Å². The molecule has 0 amide bonds. The van der Waals surface area contributed by atoms with Gasteiger partial charge in [-0.15, -0.1) is 0 Å². The lowest BCUT2D eigenvalue weighted by atomic mass is 10.1. The molecule has 0 spiro atoms. The molecule has 13 heavy (non-hydrogen) atoms. The van der Waals surface area contributed by atoms with Crippen molar-refractivity contribution in [1.29, 1.82) is 0 Å². The summed E-state index contributed by atoms with van der Waals surface area (Å²) in [4.78, 5) is 11.0. The summed E-state index contributed by atoms with van der Waals surface area (Å²) >= 11 is 0. The van der Waals surface area contributed by atoms with E-state index in [9.17, 15) is 4.79 Å². The van der Waals surface area contributed by atoms with E-state index in [1.54, 1.807) is 6.08 Å². The van der Waals surface area contributed by atoms with E-state index in [0.717, 1.165) is 12.8 Å². The average molecular weight is 184 g/mol. The molecule has 0 atom stereocenters. The van der Waals surface area contributed by atoms with Crippen LogP contribution in [0.5, 0.6) is 0 Å². The maximum Gasteiger partial charge on any atom is 0.310 e. The second-order valence-corrected chi connectivity index (χ2v) is 3.12. The van der Waals surface area contributed by atoms with Crippen LogP contribution in [0.3, 0.4) is 0 Å². The summed E-state index contributed by atoms with van der Waals surface area (Å²) in [5, 5.41) is 0. The van der Waals surface area contributed by atoms with Crippen molar-refractivity contribution in [2.45, 2.75) is 52.4 Å². The van der Waals surface area contributed by atoms with Gasteiger partial charge in [-0.25, -0.2) is 0 Å². The van der Waals surface area contributed by atoms with Crippen LogP contribution in [0.4, 0.5) is 0 Å². The summed E-state index contributed by atoms with van der Waals surface area (Å²) in [7, 11) is 0. The number of esters is 1. The van der Waals surface area contributed by atoms with Gasteiger partial charge in [0.05, 0.1) is 6.26 Å². The SMILES string of the molecule is C/C=C/OC(=O)CCCCCCC. The van der Waals surface area contributed by atoms with Crippen LogP contribution in [0.1, 0.15) is 52.4 Å². The Kier molecular flexibility index (Phi) is 8.73. The number of hydrogen-bond acceptors (Lipinski definition) is 2. The van der Waals surface area contributed by atoms with E-state index in [1.165, 1.54) is 25.5 Å². The van der Waals surface area contributed by atoms with Gasteiger partial charge in [0.2, 0.25) is 0 Å². The van der Waals surface area contributed by atoms with Crippen molar-refractivity contribution in [3.63, 3.8) is 0 Å². The van der Waals surface area contributed by atoms with E-state index >= 15 is 0 Å². The maximum absolute atomic E-state index is 11.0. The standard InChI is InChI=1S/C11H20O2/c1-3-5-6-7-8-9-11(12)13-10-4-2/h4,10H,3,5-9H2,1-2H3/b10-4+. The Morgan fingerprint density at radius 1 is 1.23 bits per heavy atom. The number of carbonyl (C=O) groups is 1. The van der Waals surface area contributed by atoms with Crippen LogP contribution in [0.25, 0.3) is 0 Å². The van der Waals surface area contributed by atoms with Crippen molar-refractivity contribution in [3.8, 4) is 0 Å². The van der Waals surface area contributed by atoms with E-state index in [1.807, 2.05) is 6.92 Å². The first-order valence-corrected chi connectivity index (χ1v) is 5.12. The van der Waals surface area contributed by atoms with Crippen LogP contribution >= 0.6 is 0 Å². The minimum absolute atomic E-state index is 0.116. The zero-order valence-electron chi connectivity index (χ0n) is 8.71. The van der Waals surface area contributed by atoms with Crippen LogP contribution < -0.4 is 0 Å². The van der Waals surface area contributed by atoms with E-state index in [-0.39, 0.29) is 5.97 Å². The Hall–Kier alpha value is -0.790. The number of carbonyl (C=O) groups excluding carboxylic acids is 1. The third-order valence-electron chi connectivity index (χ3n) is 1.82. The van der Waals surface area contributed by atoms with E-state index in [4.69, 9.17) is 4.74 Å². The minimum Gasteiger partial charge on any atom is -0.435 e. The van der Waals surface area contributed by atoms with Crippen LogP contribution in [-0.2, 0) is 9.53 Å². The zero-order valence-corrected chi connectivity index (χ0v) is 8.71. The van der Waals surface area contributed by atoms with Gasteiger partial charge in [-0.1, -0.05) is 38.7 Å². The monoisotopic (exact) mass is 184 g/mol. The fourth-order valence-electron chi connectivity index (χ4n) is 1.08. The molecule has 76 valence electrons. The second-order valence-electron chi connectivity index (χ2n) is 3.12. The quantitative estimate of drug-likeness (QED) is 0.344. The lowest BCUT2D eigenvalue weighted by molar-refractivity contribution is -0.138. The van der Waals surface area contributed by atoms with Gasteiger partial charge in [-0.3, -0.25) is 4.79 Å². The van der Waals surface area contributed by atoms with Gasteiger partial charge in [0.1, 0.15) is 0 Å². The van der Waals surface area contributed by atoms with Gasteiger partial charge in [0, 0.05) is 6.42 Å². The predicted molar refractivity (Wildman–Crippen MR) is 54.3 cm³/mol. The molecule has 0 aromatic heterocycles. The molecular formula is C11H20O2. The molecule has 0 radical (unpaired) electrons. The Morgan fingerprint density at radius 2 is 1.92 bits per heavy atom. The van der Waals surface area contributed by atoms with Gasteiger partial charge in [-0.05, 0) is 13.3 Å². The Labute approximate surface area is 81.0 Å². The van der Waals surface area contributed by atoms with E-state index < -0.39 is 0 Å². The molecule has 0 rings (SSSR count). The first-order valence-electron chi connectivity index (χ1n) is 5.12. The lowest BCUT2D eigenvalue weighted by Gasteiger charge is -1.99. The highest BCUT2D eigenvalue weighted by Gasteiger charge is 1.99. The van der Waals surface area contributed by atoms with Crippen molar-refractivity contribution >= 4 is 5.97 Å². The van der Waals surface area contributed by atoms with Crippen LogP contribution in [0, 0.1) is 0 Å². The first-order chi connectivity index (χ1) is 6.31. The van der Waals surface area contributed by atoms with Gasteiger partial charge in [-0.2, -0.15) is 0 Å². The highest BCUT2D eigenvalue weighted by Crippen LogP contribution is 2.05. The highest BCUT2D eigenvalue weighted by molar-refractivity contribution is 5.69. The van der Waals surface area contributed by atoms with Crippen LogP contribution in [-0.4, -0.2) is 5.97 Å². The zero-order chi connectivity index (χ0) is 9.94. The molecule has 2 heteroatoms. The molecule has 0 aliphatic carbocycles. The number of allylic oxidation sites excluding steroid dienone is 1. The fraction of sp³-hybridized carbons (Fsp3) is 0.727. The lowest BCUT2D eigenvalue weighted by Crippen LogP contribution is -1.98. The molecule has 0 N–H and O–H groups in total. The van der Waals surface area contributed by atoms with E-state index in [0.29, 0.717) is 6.42 Å². The number of rotatable bonds is 7. The third-order valence-corrected chi connectivity index (χ3v) is 1.82. The molecule has 0 heterocycles. The summed E-state index contributed by atoms with van der Waals surface area (Å²) in [6.45, 7) is 4.01. The largest absolute Gasteiger partial charge is 0.435 e. The molecule has 0 aliphatic heterocycles. The van der Waals surface area contributed by atoms with Crippen LogP contribution in [0.15, 0.2) is 12.3 Å². The molecule has 0 aromatic rings. The smallest absolute Gasteiger partial charge is 0.310 e. The normalized spacial score (nSPS) is 10.6. The third kappa shape index (κ3) is 9.12. The maximum atomic E-state index is 11.0. The van der Waals surface area contributed by atoms with Crippen molar-refractivity contribution in [1.82, 2.24) is 0 Å². The van der Waals surface area contributed by atoms with Crippen molar-refractivity contribution in [2.75, 3.05) is 0 Å². The van der Waals surface area contributed by atoms with Crippen molar-refractivity contribution in [3.05, 3.63) is 12.3 Å². The first kappa shape index (κ1) is 12.2. The van der Waals surface area contributed by atoms with Gasteiger partial charge in [0.25, 0.3) is 0 Å². The van der Waals surface area contributed by atoms with Crippen LogP contribution in [0.2, 0.25) is 0 Å². The molecular weight excluding hydrogens is 164 g/mol. The molecule has 0 fully saturated rings. The number of unbranched alkanes of at least 4 members (excludes halogenated alkanes) is 4. The second kappa shape index (κ2) is 9.30. The Bertz CT molecular complexity index is 150. The number of ether oxygens (including phenoxy) is 1. The molecule has 0 saturated carbocycles.